The molecule has 0 fully saturated rings. The molecule has 2 rings (SSSR count). The van der Waals surface area contributed by atoms with Gasteiger partial charge in [-0.15, -0.1) is 0 Å². The Balaban J connectivity index is 1.77. The number of fused-ring (bicyclic) bond motifs is 1. The summed E-state index contributed by atoms with van der Waals surface area (Å²) in [5.41, 5.74) is 2.56. The molecule has 27 heavy (non-hydrogen) atoms. The number of hydrogen-bond donors (Lipinski definition) is 2. The molecule has 0 spiro atoms. The Hall–Kier alpha value is -2.83. The molecule has 2 N–H and O–H groups in total. The third kappa shape index (κ3) is 6.44. The first-order valence-corrected chi connectivity index (χ1v) is 9.11. The van der Waals surface area contributed by atoms with Crippen molar-refractivity contribution in [2.45, 2.75) is 40.0 Å². The summed E-state index contributed by atoms with van der Waals surface area (Å²) >= 11 is 0. The van der Waals surface area contributed by atoms with E-state index in [0.717, 1.165) is 23.8 Å². The molecule has 0 aliphatic carbocycles. The second-order valence-corrected chi connectivity index (χ2v) is 6.77. The number of furan rings is 1. The smallest absolute Gasteiger partial charge is 0.321 e. The van der Waals surface area contributed by atoms with Crippen LogP contribution in [0, 0.1) is 5.92 Å². The summed E-state index contributed by atoms with van der Waals surface area (Å²) in [6.07, 6.45) is 3.23. The zero-order valence-corrected chi connectivity index (χ0v) is 16.0. The number of urea groups is 1. The molecule has 3 amide bonds. The van der Waals surface area contributed by atoms with Crippen molar-refractivity contribution < 1.29 is 23.5 Å². The van der Waals surface area contributed by atoms with Gasteiger partial charge in [-0.3, -0.25) is 14.9 Å². The maximum atomic E-state index is 12.0. The topological polar surface area (TPSA) is 97.6 Å². The molecule has 1 aromatic carbocycles. The average molecular weight is 374 g/mol. The van der Waals surface area contributed by atoms with Crippen LogP contribution >= 0.6 is 0 Å². The molecule has 0 radical (unpaired) electrons. The molecule has 146 valence electrons. The number of carbonyl (C=O) groups excluding carboxylic acids is 3. The van der Waals surface area contributed by atoms with E-state index in [9.17, 15) is 14.4 Å². The summed E-state index contributed by atoms with van der Waals surface area (Å²) in [5, 5.41) is 5.55. The first kappa shape index (κ1) is 20.5. The molecule has 0 aliphatic rings. The van der Waals surface area contributed by atoms with Gasteiger partial charge in [-0.1, -0.05) is 32.9 Å². The zero-order chi connectivity index (χ0) is 19.8. The van der Waals surface area contributed by atoms with Crippen LogP contribution in [-0.4, -0.2) is 31.1 Å². The van der Waals surface area contributed by atoms with Gasteiger partial charge in [0.25, 0.3) is 5.91 Å². The van der Waals surface area contributed by atoms with Gasteiger partial charge in [0, 0.05) is 17.5 Å². The number of amides is 3. The lowest BCUT2D eigenvalue weighted by atomic mass is 10.1. The monoisotopic (exact) mass is 374 g/mol. The second-order valence-electron chi connectivity index (χ2n) is 6.77. The SMILES string of the molecule is CCc1ccc2c(CC(=O)OCC(=O)NC(=O)NCCC(C)C)coc2c1. The Labute approximate surface area is 158 Å². The molecule has 7 nitrogen and oxygen atoms in total. The fourth-order valence-electron chi connectivity index (χ4n) is 2.52. The number of benzene rings is 1. The predicted molar refractivity (Wildman–Crippen MR) is 101 cm³/mol. The van der Waals surface area contributed by atoms with Gasteiger partial charge in [0.1, 0.15) is 5.58 Å². The number of aryl methyl sites for hydroxylation is 1. The van der Waals surface area contributed by atoms with Crippen molar-refractivity contribution in [3.8, 4) is 0 Å². The minimum absolute atomic E-state index is 0.00760. The van der Waals surface area contributed by atoms with Crippen molar-refractivity contribution >= 4 is 28.9 Å². The predicted octanol–water partition coefficient (Wildman–Crippen LogP) is 2.95. The number of rotatable bonds is 8. The van der Waals surface area contributed by atoms with Crippen molar-refractivity contribution in [3.05, 3.63) is 35.6 Å². The van der Waals surface area contributed by atoms with E-state index in [1.54, 1.807) is 0 Å². The number of esters is 1. The molecular weight excluding hydrogens is 348 g/mol. The van der Waals surface area contributed by atoms with Crippen molar-refractivity contribution in [1.82, 2.24) is 10.6 Å². The highest BCUT2D eigenvalue weighted by Gasteiger charge is 2.14. The third-order valence-corrected chi connectivity index (χ3v) is 4.09. The maximum Gasteiger partial charge on any atom is 0.321 e. The van der Waals surface area contributed by atoms with Gasteiger partial charge < -0.3 is 14.5 Å². The highest BCUT2D eigenvalue weighted by Crippen LogP contribution is 2.23. The van der Waals surface area contributed by atoms with E-state index in [4.69, 9.17) is 9.15 Å². The van der Waals surface area contributed by atoms with Crippen molar-refractivity contribution in [2.24, 2.45) is 5.92 Å². The molecule has 1 heterocycles. The van der Waals surface area contributed by atoms with Gasteiger partial charge in [-0.05, 0) is 30.4 Å². The van der Waals surface area contributed by atoms with Crippen molar-refractivity contribution in [1.29, 1.82) is 0 Å². The lowest BCUT2D eigenvalue weighted by Gasteiger charge is -2.08. The minimum Gasteiger partial charge on any atom is -0.464 e. The molecular formula is C20H26N2O5. The Kier molecular flexibility index (Phi) is 7.40. The summed E-state index contributed by atoms with van der Waals surface area (Å²) in [4.78, 5) is 35.2. The Bertz CT molecular complexity index is 810. The van der Waals surface area contributed by atoms with Crippen LogP contribution in [0.4, 0.5) is 4.79 Å². The van der Waals surface area contributed by atoms with Gasteiger partial charge in [0.05, 0.1) is 12.7 Å². The number of ether oxygens (including phenoxy) is 1. The average Bonchev–Trinajstić information content (AvgIpc) is 3.01. The summed E-state index contributed by atoms with van der Waals surface area (Å²) < 4.78 is 10.4. The van der Waals surface area contributed by atoms with E-state index in [-0.39, 0.29) is 6.42 Å². The first-order valence-electron chi connectivity index (χ1n) is 9.11. The molecule has 7 heteroatoms. The van der Waals surface area contributed by atoms with Crippen LogP contribution in [0.15, 0.2) is 28.9 Å². The van der Waals surface area contributed by atoms with Gasteiger partial charge >= 0.3 is 12.0 Å². The highest BCUT2D eigenvalue weighted by molar-refractivity contribution is 5.95. The standard InChI is InChI=1S/C20H26N2O5/c1-4-14-5-6-16-15(11-26-17(16)9-14)10-19(24)27-12-18(23)22-20(25)21-8-7-13(2)3/h5-6,9,11,13H,4,7-8,10,12H2,1-3H3,(H2,21,22,23,25). The van der Waals surface area contributed by atoms with Crippen LogP contribution in [0.2, 0.25) is 0 Å². The summed E-state index contributed by atoms with van der Waals surface area (Å²) in [5.74, 6) is -0.780. The molecule has 0 saturated heterocycles. The molecule has 1 aromatic heterocycles. The lowest BCUT2D eigenvalue weighted by Crippen LogP contribution is -2.42. The van der Waals surface area contributed by atoms with Crippen LogP contribution < -0.4 is 10.6 Å². The van der Waals surface area contributed by atoms with E-state index >= 15 is 0 Å². The Morgan fingerprint density at radius 3 is 2.70 bits per heavy atom. The van der Waals surface area contributed by atoms with E-state index in [1.165, 1.54) is 6.26 Å². The number of carbonyl (C=O) groups is 3. The quantitative estimate of drug-likeness (QED) is 0.692. The summed E-state index contributed by atoms with van der Waals surface area (Å²) in [7, 11) is 0. The van der Waals surface area contributed by atoms with E-state index < -0.39 is 24.5 Å². The summed E-state index contributed by atoms with van der Waals surface area (Å²) in [6, 6.07) is 5.24. The van der Waals surface area contributed by atoms with Crippen molar-refractivity contribution in [3.63, 3.8) is 0 Å². The van der Waals surface area contributed by atoms with Crippen LogP contribution in [0.1, 0.15) is 38.3 Å². The number of nitrogens with one attached hydrogen (secondary N) is 2. The van der Waals surface area contributed by atoms with Crippen LogP contribution in [0.25, 0.3) is 11.0 Å². The van der Waals surface area contributed by atoms with Gasteiger partial charge in [-0.25, -0.2) is 4.79 Å². The first-order chi connectivity index (χ1) is 12.9. The Morgan fingerprint density at radius 1 is 1.22 bits per heavy atom. The van der Waals surface area contributed by atoms with Crippen LogP contribution in [0.3, 0.4) is 0 Å². The molecule has 0 bridgehead atoms. The molecule has 0 saturated carbocycles. The maximum absolute atomic E-state index is 12.0. The van der Waals surface area contributed by atoms with Gasteiger partial charge in [0.2, 0.25) is 0 Å². The normalized spacial score (nSPS) is 10.8. The number of hydrogen-bond acceptors (Lipinski definition) is 5. The fourth-order valence-corrected chi connectivity index (χ4v) is 2.52. The lowest BCUT2D eigenvalue weighted by molar-refractivity contribution is -0.147. The molecule has 2 aromatic rings. The van der Waals surface area contributed by atoms with E-state index in [1.807, 2.05) is 32.0 Å². The molecule has 0 atom stereocenters. The Morgan fingerprint density at radius 2 is 2.00 bits per heavy atom. The van der Waals surface area contributed by atoms with Crippen LogP contribution in [0.5, 0.6) is 0 Å². The summed E-state index contributed by atoms with van der Waals surface area (Å²) in [6.45, 7) is 6.10. The molecule has 0 unspecified atom stereocenters. The molecule has 0 aliphatic heterocycles. The third-order valence-electron chi connectivity index (χ3n) is 4.09. The zero-order valence-electron chi connectivity index (χ0n) is 16.0. The fraction of sp³-hybridized carbons (Fsp3) is 0.450. The van der Waals surface area contributed by atoms with Crippen LogP contribution in [-0.2, 0) is 27.2 Å². The van der Waals surface area contributed by atoms with E-state index in [2.05, 4.69) is 17.6 Å². The van der Waals surface area contributed by atoms with Crippen molar-refractivity contribution in [2.75, 3.05) is 13.2 Å². The largest absolute Gasteiger partial charge is 0.464 e. The minimum atomic E-state index is -0.671. The van der Waals surface area contributed by atoms with Gasteiger partial charge in [0.15, 0.2) is 6.61 Å². The number of imide groups is 1. The highest BCUT2D eigenvalue weighted by atomic mass is 16.5. The van der Waals surface area contributed by atoms with Gasteiger partial charge in [-0.2, -0.15) is 0 Å². The second kappa shape index (κ2) is 9.75. The van der Waals surface area contributed by atoms with E-state index in [0.29, 0.717) is 23.6 Å².